The fourth-order valence-corrected chi connectivity index (χ4v) is 6.30. The zero-order valence-electron chi connectivity index (χ0n) is 20.2. The third-order valence-corrected chi connectivity index (χ3v) is 7.94. The highest BCUT2D eigenvalue weighted by atomic mass is 16.5. The van der Waals surface area contributed by atoms with E-state index in [1.54, 1.807) is 0 Å². The zero-order chi connectivity index (χ0) is 24.0. The summed E-state index contributed by atoms with van der Waals surface area (Å²) in [4.78, 5) is 2.40. The zero-order valence-corrected chi connectivity index (χ0v) is 20.2. The fraction of sp³-hybridized carbons (Fsp3) is 0.0909. The standard InChI is InChI=1S/C33H24N2O/c1-33(2)24-12-4-7-15-27(24)34(28-16-8-5-13-25(28)33)21-19-23-22-11-3-6-14-26(22)35-29-17-9-10-18-30(29)36-31(20-21)32(23)35/h3-20H,1-2H3. The third kappa shape index (κ3) is 2.42. The highest BCUT2D eigenvalue weighted by Gasteiger charge is 2.37. The number of hydrogen-bond donors (Lipinski definition) is 0. The summed E-state index contributed by atoms with van der Waals surface area (Å²) in [7, 11) is 0. The van der Waals surface area contributed by atoms with Gasteiger partial charge in [-0.05, 0) is 47.5 Å². The summed E-state index contributed by atoms with van der Waals surface area (Å²) in [5.74, 6) is 1.77. The molecule has 172 valence electrons. The molecule has 0 saturated heterocycles. The normalized spacial score (nSPS) is 14.8. The molecule has 0 fully saturated rings. The minimum Gasteiger partial charge on any atom is -0.453 e. The first-order chi connectivity index (χ1) is 17.6. The monoisotopic (exact) mass is 464 g/mol. The van der Waals surface area contributed by atoms with E-state index in [0.717, 1.165) is 28.4 Å². The molecule has 5 aromatic carbocycles. The van der Waals surface area contributed by atoms with E-state index in [9.17, 15) is 0 Å². The number of hydrogen-bond acceptors (Lipinski definition) is 2. The first kappa shape index (κ1) is 19.8. The van der Waals surface area contributed by atoms with E-state index in [-0.39, 0.29) is 5.41 Å². The van der Waals surface area contributed by atoms with Crippen molar-refractivity contribution in [2.24, 2.45) is 0 Å². The number of aromatic nitrogens is 1. The van der Waals surface area contributed by atoms with Crippen LogP contribution in [0.2, 0.25) is 0 Å². The molecule has 0 spiro atoms. The minimum atomic E-state index is -0.0898. The highest BCUT2D eigenvalue weighted by molar-refractivity contribution is 6.13. The molecule has 3 nitrogen and oxygen atoms in total. The van der Waals surface area contributed by atoms with Crippen molar-refractivity contribution < 1.29 is 4.74 Å². The lowest BCUT2D eigenvalue weighted by atomic mass is 9.73. The first-order valence-corrected chi connectivity index (χ1v) is 12.5. The second-order valence-corrected chi connectivity index (χ2v) is 10.3. The van der Waals surface area contributed by atoms with Gasteiger partial charge in [-0.15, -0.1) is 0 Å². The summed E-state index contributed by atoms with van der Waals surface area (Å²) < 4.78 is 8.93. The van der Waals surface area contributed by atoms with Crippen LogP contribution < -0.4 is 9.64 Å². The van der Waals surface area contributed by atoms with E-state index in [2.05, 4.69) is 126 Å². The van der Waals surface area contributed by atoms with Crippen molar-refractivity contribution >= 4 is 38.9 Å². The van der Waals surface area contributed by atoms with Gasteiger partial charge in [0, 0.05) is 22.3 Å². The second-order valence-electron chi connectivity index (χ2n) is 10.3. The highest BCUT2D eigenvalue weighted by Crippen LogP contribution is 2.54. The molecular weight excluding hydrogens is 440 g/mol. The van der Waals surface area contributed by atoms with Crippen molar-refractivity contribution in [1.82, 2.24) is 4.57 Å². The van der Waals surface area contributed by atoms with Crippen LogP contribution in [0, 0.1) is 0 Å². The quantitative estimate of drug-likeness (QED) is 0.241. The summed E-state index contributed by atoms with van der Waals surface area (Å²) in [5, 5.41) is 2.43. The molecule has 6 aromatic rings. The van der Waals surface area contributed by atoms with Gasteiger partial charge in [0.25, 0.3) is 0 Å². The Labute approximate surface area is 209 Å². The van der Waals surface area contributed by atoms with Crippen molar-refractivity contribution in [3.63, 3.8) is 0 Å². The van der Waals surface area contributed by atoms with Gasteiger partial charge in [0.2, 0.25) is 0 Å². The first-order valence-electron chi connectivity index (χ1n) is 12.5. The van der Waals surface area contributed by atoms with E-state index in [1.807, 2.05) is 6.07 Å². The molecule has 0 bridgehead atoms. The van der Waals surface area contributed by atoms with Gasteiger partial charge in [0.15, 0.2) is 11.5 Å². The average Bonchev–Trinajstić information content (AvgIpc) is 3.25. The van der Waals surface area contributed by atoms with Crippen molar-refractivity contribution in [3.8, 4) is 17.2 Å². The Morgan fingerprint density at radius 2 is 1.19 bits per heavy atom. The van der Waals surface area contributed by atoms with Crippen LogP contribution in [0.5, 0.6) is 11.5 Å². The van der Waals surface area contributed by atoms with Crippen molar-refractivity contribution in [2.45, 2.75) is 19.3 Å². The minimum absolute atomic E-state index is 0.0898. The van der Waals surface area contributed by atoms with Gasteiger partial charge in [0.1, 0.15) is 0 Å². The Kier molecular flexibility index (Phi) is 3.73. The van der Waals surface area contributed by atoms with Crippen molar-refractivity contribution in [2.75, 3.05) is 4.90 Å². The van der Waals surface area contributed by atoms with Gasteiger partial charge in [-0.1, -0.05) is 80.6 Å². The van der Waals surface area contributed by atoms with Crippen LogP contribution in [0.25, 0.3) is 27.5 Å². The van der Waals surface area contributed by atoms with Gasteiger partial charge in [-0.2, -0.15) is 0 Å². The number of fused-ring (bicyclic) bond motifs is 7. The van der Waals surface area contributed by atoms with Gasteiger partial charge >= 0.3 is 0 Å². The molecule has 0 saturated carbocycles. The van der Waals surface area contributed by atoms with E-state index >= 15 is 0 Å². The van der Waals surface area contributed by atoms with Gasteiger partial charge in [-0.25, -0.2) is 0 Å². The molecule has 1 aromatic heterocycles. The maximum atomic E-state index is 6.58. The summed E-state index contributed by atoms with van der Waals surface area (Å²) in [6, 6.07) is 39.1. The average molecular weight is 465 g/mol. The maximum absolute atomic E-state index is 6.58. The third-order valence-electron chi connectivity index (χ3n) is 7.94. The smallest absolute Gasteiger partial charge is 0.154 e. The Morgan fingerprint density at radius 3 is 1.94 bits per heavy atom. The van der Waals surface area contributed by atoms with Crippen LogP contribution in [-0.4, -0.2) is 4.57 Å². The fourth-order valence-electron chi connectivity index (χ4n) is 6.30. The molecule has 2 aliphatic heterocycles. The Bertz CT molecular complexity index is 1810. The summed E-state index contributed by atoms with van der Waals surface area (Å²) in [6.07, 6.45) is 0. The molecule has 0 N–H and O–H groups in total. The van der Waals surface area contributed by atoms with Crippen molar-refractivity contribution in [1.29, 1.82) is 0 Å². The Hall–Kier alpha value is -4.50. The molecule has 0 radical (unpaired) electrons. The Morgan fingerprint density at radius 1 is 0.583 bits per heavy atom. The van der Waals surface area contributed by atoms with Gasteiger partial charge < -0.3 is 14.2 Å². The molecule has 3 heterocycles. The molecule has 8 rings (SSSR count). The molecule has 0 unspecified atom stereocenters. The molecule has 3 heteroatoms. The molecule has 2 aliphatic rings. The number of anilines is 3. The topological polar surface area (TPSA) is 17.4 Å². The van der Waals surface area contributed by atoms with Gasteiger partial charge in [0.05, 0.1) is 33.8 Å². The Balaban J connectivity index is 1.48. The summed E-state index contributed by atoms with van der Waals surface area (Å²) >= 11 is 0. The molecule has 0 aliphatic carbocycles. The van der Waals surface area contributed by atoms with Crippen LogP contribution in [-0.2, 0) is 5.41 Å². The lowest BCUT2D eigenvalue weighted by molar-refractivity contribution is 0.476. The molecular formula is C33H24N2O. The number of rotatable bonds is 1. The summed E-state index contributed by atoms with van der Waals surface area (Å²) in [6.45, 7) is 4.64. The van der Waals surface area contributed by atoms with E-state index in [0.29, 0.717) is 0 Å². The van der Waals surface area contributed by atoms with E-state index in [4.69, 9.17) is 4.74 Å². The van der Waals surface area contributed by atoms with Crippen LogP contribution in [0.1, 0.15) is 25.0 Å². The number of nitrogens with zero attached hydrogens (tertiary/aromatic N) is 2. The maximum Gasteiger partial charge on any atom is 0.154 e. The molecule has 36 heavy (non-hydrogen) atoms. The predicted octanol–water partition coefficient (Wildman–Crippen LogP) is 9.00. The van der Waals surface area contributed by atoms with Crippen LogP contribution in [0.3, 0.4) is 0 Å². The molecule has 0 atom stereocenters. The molecule has 0 amide bonds. The van der Waals surface area contributed by atoms with Crippen LogP contribution in [0.15, 0.2) is 109 Å². The summed E-state index contributed by atoms with van der Waals surface area (Å²) in [5.41, 5.74) is 9.50. The van der Waals surface area contributed by atoms with Crippen molar-refractivity contribution in [3.05, 3.63) is 120 Å². The number of ether oxygens (including phenoxy) is 1. The lowest BCUT2D eigenvalue weighted by Crippen LogP contribution is -2.30. The van der Waals surface area contributed by atoms with E-state index < -0.39 is 0 Å². The predicted molar refractivity (Wildman–Crippen MR) is 148 cm³/mol. The SMILES string of the molecule is CC1(C)c2ccccc2N(c2cc3c4c(c2)c2ccccc2n4-c2ccccc2O3)c2ccccc21. The van der Waals surface area contributed by atoms with Crippen LogP contribution >= 0.6 is 0 Å². The van der Waals surface area contributed by atoms with Gasteiger partial charge in [-0.3, -0.25) is 0 Å². The number of para-hydroxylation sites is 5. The number of benzene rings is 5. The second kappa shape index (κ2) is 6.79. The lowest BCUT2D eigenvalue weighted by Gasteiger charge is -2.42. The van der Waals surface area contributed by atoms with Crippen LogP contribution in [0.4, 0.5) is 17.1 Å². The van der Waals surface area contributed by atoms with E-state index in [1.165, 1.54) is 38.8 Å². The largest absolute Gasteiger partial charge is 0.453 e.